The van der Waals surface area contributed by atoms with Crippen molar-refractivity contribution in [1.29, 1.82) is 0 Å². The summed E-state index contributed by atoms with van der Waals surface area (Å²) in [7, 11) is 1.78. The molecule has 0 aromatic rings. The zero-order valence-electron chi connectivity index (χ0n) is 21.7. The van der Waals surface area contributed by atoms with Crippen LogP contribution in [0, 0.1) is 0 Å². The molecule has 0 aliphatic heterocycles. The Labute approximate surface area is 194 Å². The molecule has 0 saturated carbocycles. The van der Waals surface area contributed by atoms with Crippen molar-refractivity contribution in [3.63, 3.8) is 0 Å². The number of hydrogen-bond acceptors (Lipinski definition) is 3. The topological polar surface area (TPSA) is 46.2 Å². The number of carbonyl (C=O) groups is 2. The van der Waals surface area contributed by atoms with Crippen LogP contribution < -0.4 is 5.32 Å². The normalized spacial score (nSPS) is 11.7. The van der Waals surface area contributed by atoms with Crippen molar-refractivity contribution in [2.45, 2.75) is 161 Å². The van der Waals surface area contributed by atoms with Crippen molar-refractivity contribution < 1.29 is 9.59 Å². The Balaban J connectivity index is 4.07. The fourth-order valence-electron chi connectivity index (χ4n) is 4.62. The van der Waals surface area contributed by atoms with Gasteiger partial charge in [-0.2, -0.15) is 0 Å². The van der Waals surface area contributed by atoms with Gasteiger partial charge in [-0.25, -0.2) is 0 Å². The minimum Gasteiger partial charge on any atom is -0.302 e. The monoisotopic (exact) mass is 437 g/mol. The van der Waals surface area contributed by atoms with Crippen molar-refractivity contribution in [3.05, 3.63) is 0 Å². The van der Waals surface area contributed by atoms with Gasteiger partial charge in [0.2, 0.25) is 0 Å². The fraction of sp³-hybridized carbons (Fsp3) is 0.929. The first-order valence-corrected chi connectivity index (χ1v) is 13.8. The molecule has 3 heteroatoms. The highest BCUT2D eigenvalue weighted by Gasteiger charge is 2.40. The van der Waals surface area contributed by atoms with Crippen LogP contribution in [0.25, 0.3) is 0 Å². The highest BCUT2D eigenvalue weighted by Crippen LogP contribution is 2.21. The van der Waals surface area contributed by atoms with Gasteiger partial charge in [-0.05, 0) is 26.3 Å². The summed E-state index contributed by atoms with van der Waals surface area (Å²) in [6.45, 7) is 6.47. The number of nitrogens with one attached hydrogen (secondary N) is 1. The van der Waals surface area contributed by atoms with Crippen LogP contribution in [0.1, 0.15) is 156 Å². The van der Waals surface area contributed by atoms with Crippen LogP contribution in [-0.4, -0.2) is 24.2 Å². The molecule has 0 saturated heterocycles. The van der Waals surface area contributed by atoms with E-state index in [9.17, 15) is 9.59 Å². The molecule has 0 aliphatic rings. The molecule has 0 atom stereocenters. The van der Waals surface area contributed by atoms with E-state index in [1.165, 1.54) is 89.9 Å². The predicted octanol–water partition coefficient (Wildman–Crippen LogP) is 8.33. The Morgan fingerprint density at radius 2 is 0.806 bits per heavy atom. The summed E-state index contributed by atoms with van der Waals surface area (Å²) >= 11 is 0. The van der Waals surface area contributed by atoms with Gasteiger partial charge in [0, 0.05) is 12.8 Å². The van der Waals surface area contributed by atoms with Gasteiger partial charge < -0.3 is 5.32 Å². The Kier molecular flexibility index (Phi) is 20.7. The summed E-state index contributed by atoms with van der Waals surface area (Å²) in [5, 5.41) is 3.13. The number of ketones is 2. The minimum atomic E-state index is -0.944. The van der Waals surface area contributed by atoms with Crippen molar-refractivity contribution in [2.75, 3.05) is 7.05 Å². The molecule has 0 spiro atoms. The van der Waals surface area contributed by atoms with Crippen LogP contribution in [0.3, 0.4) is 0 Å². The molecular formula is C28H55NO2. The second-order valence-corrected chi connectivity index (χ2v) is 9.51. The number of carbonyl (C=O) groups excluding carboxylic acids is 2. The first-order chi connectivity index (χ1) is 15.1. The average Bonchev–Trinajstić information content (AvgIpc) is 2.78. The van der Waals surface area contributed by atoms with Gasteiger partial charge in [-0.3, -0.25) is 9.59 Å². The van der Waals surface area contributed by atoms with Crippen molar-refractivity contribution >= 4 is 11.6 Å². The quantitative estimate of drug-likeness (QED) is 0.122. The lowest BCUT2D eigenvalue weighted by molar-refractivity contribution is -0.136. The van der Waals surface area contributed by atoms with Gasteiger partial charge in [0.25, 0.3) is 0 Å². The molecule has 0 aliphatic carbocycles. The van der Waals surface area contributed by atoms with Crippen LogP contribution in [-0.2, 0) is 9.59 Å². The lowest BCUT2D eigenvalue weighted by Crippen LogP contribution is -2.56. The molecule has 31 heavy (non-hydrogen) atoms. The molecule has 0 radical (unpaired) electrons. The van der Waals surface area contributed by atoms with Crippen molar-refractivity contribution in [3.8, 4) is 0 Å². The standard InChI is InChI=1S/C28H55NO2/c1-5-8-10-12-14-16-18-20-22-24-26(30)28(7-3,29-4)27(31)25-23-21-19-17-15-13-11-9-6-2/h29H,5-25H2,1-4H3. The molecule has 184 valence electrons. The van der Waals surface area contributed by atoms with E-state index in [1.807, 2.05) is 6.92 Å². The van der Waals surface area contributed by atoms with Crippen molar-refractivity contribution in [1.82, 2.24) is 5.32 Å². The molecule has 1 N–H and O–H groups in total. The maximum Gasteiger partial charge on any atom is 0.160 e. The van der Waals surface area contributed by atoms with Crippen LogP contribution in [0.5, 0.6) is 0 Å². The molecule has 0 amide bonds. The third-order valence-electron chi connectivity index (χ3n) is 6.92. The molecule has 0 unspecified atom stereocenters. The Morgan fingerprint density at radius 1 is 0.516 bits per heavy atom. The highest BCUT2D eigenvalue weighted by atomic mass is 16.2. The lowest BCUT2D eigenvalue weighted by Gasteiger charge is -2.29. The third kappa shape index (κ3) is 14.1. The lowest BCUT2D eigenvalue weighted by atomic mass is 9.81. The zero-order valence-corrected chi connectivity index (χ0v) is 21.7. The largest absolute Gasteiger partial charge is 0.302 e. The van der Waals surface area contributed by atoms with Gasteiger partial charge >= 0.3 is 0 Å². The van der Waals surface area contributed by atoms with E-state index in [2.05, 4.69) is 19.2 Å². The summed E-state index contributed by atoms with van der Waals surface area (Å²) in [4.78, 5) is 25.9. The Bertz CT molecular complexity index is 393. The molecule has 0 aromatic carbocycles. The van der Waals surface area contributed by atoms with Gasteiger partial charge in [0.1, 0.15) is 5.54 Å². The first kappa shape index (κ1) is 30.3. The number of Topliss-reactive ketones (excluding diaryl/α,β-unsaturated/α-hetero) is 2. The Morgan fingerprint density at radius 3 is 1.06 bits per heavy atom. The summed E-state index contributed by atoms with van der Waals surface area (Å²) < 4.78 is 0. The molecular weight excluding hydrogens is 382 g/mol. The smallest absolute Gasteiger partial charge is 0.160 e. The van der Waals surface area contributed by atoms with Gasteiger partial charge in [-0.1, -0.05) is 124 Å². The van der Waals surface area contributed by atoms with E-state index in [1.54, 1.807) is 7.05 Å². The van der Waals surface area contributed by atoms with E-state index < -0.39 is 5.54 Å². The molecule has 0 aromatic heterocycles. The average molecular weight is 438 g/mol. The van der Waals surface area contributed by atoms with Crippen LogP contribution in [0.15, 0.2) is 0 Å². The second-order valence-electron chi connectivity index (χ2n) is 9.51. The van der Waals surface area contributed by atoms with E-state index in [4.69, 9.17) is 0 Å². The first-order valence-electron chi connectivity index (χ1n) is 13.8. The predicted molar refractivity (Wildman–Crippen MR) is 136 cm³/mol. The van der Waals surface area contributed by atoms with Crippen LogP contribution in [0.4, 0.5) is 0 Å². The number of rotatable bonds is 24. The van der Waals surface area contributed by atoms with Crippen molar-refractivity contribution in [2.24, 2.45) is 0 Å². The second kappa shape index (κ2) is 21.2. The number of unbranched alkanes of at least 4 members (excludes halogenated alkanes) is 16. The minimum absolute atomic E-state index is 0.112. The zero-order chi connectivity index (χ0) is 23.2. The van der Waals surface area contributed by atoms with Crippen LogP contribution >= 0.6 is 0 Å². The van der Waals surface area contributed by atoms with E-state index in [0.717, 1.165) is 25.7 Å². The maximum atomic E-state index is 13.0. The fourth-order valence-corrected chi connectivity index (χ4v) is 4.62. The van der Waals surface area contributed by atoms with E-state index >= 15 is 0 Å². The summed E-state index contributed by atoms with van der Waals surface area (Å²) in [5.41, 5.74) is -0.944. The summed E-state index contributed by atoms with van der Waals surface area (Å²) in [5.74, 6) is 0.225. The SMILES string of the molecule is CCCCCCCCCCCC(=O)C(CC)(NC)C(=O)CCCCCCCCCCC. The molecule has 0 heterocycles. The molecule has 0 bridgehead atoms. The van der Waals surface area contributed by atoms with E-state index in [0.29, 0.717) is 19.3 Å². The Hall–Kier alpha value is -0.700. The summed E-state index contributed by atoms with van der Waals surface area (Å²) in [6.07, 6.45) is 24.0. The third-order valence-corrected chi connectivity index (χ3v) is 6.92. The molecule has 3 nitrogen and oxygen atoms in total. The molecule has 0 fully saturated rings. The number of hydrogen-bond donors (Lipinski definition) is 1. The van der Waals surface area contributed by atoms with Gasteiger partial charge in [0.15, 0.2) is 11.6 Å². The highest BCUT2D eigenvalue weighted by molar-refractivity contribution is 6.11. The number of likely N-dealkylation sites (N-methyl/N-ethyl adjacent to an activating group) is 1. The van der Waals surface area contributed by atoms with E-state index in [-0.39, 0.29) is 11.6 Å². The maximum absolute atomic E-state index is 13.0. The van der Waals surface area contributed by atoms with Crippen LogP contribution in [0.2, 0.25) is 0 Å². The summed E-state index contributed by atoms with van der Waals surface area (Å²) in [6, 6.07) is 0. The van der Waals surface area contributed by atoms with Gasteiger partial charge in [-0.15, -0.1) is 0 Å². The molecule has 0 rings (SSSR count). The van der Waals surface area contributed by atoms with Gasteiger partial charge in [0.05, 0.1) is 0 Å².